The van der Waals surface area contributed by atoms with Crippen molar-refractivity contribution in [3.8, 4) is 17.1 Å². The number of ether oxygens (including phenoxy) is 1. The van der Waals surface area contributed by atoms with Gasteiger partial charge in [0.25, 0.3) is 0 Å². The molecule has 0 bridgehead atoms. The average Bonchev–Trinajstić information content (AvgIpc) is 3.01. The Labute approximate surface area is 104 Å². The van der Waals surface area contributed by atoms with E-state index < -0.39 is 0 Å². The van der Waals surface area contributed by atoms with Crippen molar-refractivity contribution in [3.63, 3.8) is 0 Å². The summed E-state index contributed by atoms with van der Waals surface area (Å²) in [6, 6.07) is 8.02. The number of thiophene rings is 1. The average molecular weight is 246 g/mol. The molecule has 3 rings (SSSR count). The van der Waals surface area contributed by atoms with Crippen LogP contribution in [-0.2, 0) is 0 Å². The Kier molecular flexibility index (Phi) is 3.07. The van der Waals surface area contributed by atoms with Crippen molar-refractivity contribution in [2.75, 3.05) is 13.1 Å². The second-order valence-electron chi connectivity index (χ2n) is 4.11. The van der Waals surface area contributed by atoms with Crippen molar-refractivity contribution < 1.29 is 4.74 Å². The van der Waals surface area contributed by atoms with E-state index in [0.717, 1.165) is 36.6 Å². The molecule has 1 N–H and O–H groups in total. The van der Waals surface area contributed by atoms with Crippen molar-refractivity contribution in [1.82, 2.24) is 10.3 Å². The van der Waals surface area contributed by atoms with E-state index in [1.165, 1.54) is 0 Å². The second kappa shape index (κ2) is 4.85. The molecule has 0 spiro atoms. The zero-order chi connectivity index (χ0) is 11.5. The highest BCUT2D eigenvalue weighted by atomic mass is 32.1. The van der Waals surface area contributed by atoms with Gasteiger partial charge in [-0.25, -0.2) is 4.98 Å². The maximum absolute atomic E-state index is 5.84. The fourth-order valence-corrected chi connectivity index (χ4v) is 2.60. The van der Waals surface area contributed by atoms with E-state index in [9.17, 15) is 0 Å². The van der Waals surface area contributed by atoms with E-state index in [4.69, 9.17) is 4.74 Å². The van der Waals surface area contributed by atoms with E-state index in [1.54, 1.807) is 11.3 Å². The van der Waals surface area contributed by atoms with Crippen LogP contribution in [0.1, 0.15) is 6.42 Å². The van der Waals surface area contributed by atoms with E-state index >= 15 is 0 Å². The standard InChI is InChI=1S/C13H14N2OS/c1-2-12(10-5-7-17-9-10)15-13(3-1)16-11-4-6-14-8-11/h1-3,5,7,9,11,14H,4,6,8H2. The lowest BCUT2D eigenvalue weighted by atomic mass is 10.2. The summed E-state index contributed by atoms with van der Waals surface area (Å²) in [6.45, 7) is 1.96. The Morgan fingerprint density at radius 2 is 2.35 bits per heavy atom. The Morgan fingerprint density at radius 1 is 1.35 bits per heavy atom. The fraction of sp³-hybridized carbons (Fsp3) is 0.308. The molecule has 0 radical (unpaired) electrons. The molecule has 17 heavy (non-hydrogen) atoms. The Balaban J connectivity index is 1.79. The molecule has 1 atom stereocenters. The van der Waals surface area contributed by atoms with Crippen LogP contribution in [0.15, 0.2) is 35.0 Å². The summed E-state index contributed by atoms with van der Waals surface area (Å²) >= 11 is 1.68. The van der Waals surface area contributed by atoms with Gasteiger partial charge in [-0.3, -0.25) is 0 Å². The van der Waals surface area contributed by atoms with Gasteiger partial charge in [0, 0.05) is 23.6 Å². The Hall–Kier alpha value is -1.39. The van der Waals surface area contributed by atoms with Gasteiger partial charge in [0.15, 0.2) is 0 Å². The molecule has 0 saturated carbocycles. The minimum atomic E-state index is 0.264. The summed E-state index contributed by atoms with van der Waals surface area (Å²) in [5.74, 6) is 0.724. The summed E-state index contributed by atoms with van der Waals surface area (Å²) in [5, 5.41) is 7.45. The molecule has 2 aromatic heterocycles. The first-order valence-electron chi connectivity index (χ1n) is 5.79. The van der Waals surface area contributed by atoms with E-state index in [0.29, 0.717) is 0 Å². The summed E-state index contributed by atoms with van der Waals surface area (Å²) in [4.78, 5) is 4.54. The zero-order valence-corrected chi connectivity index (χ0v) is 10.2. The third-order valence-corrected chi connectivity index (χ3v) is 3.53. The minimum absolute atomic E-state index is 0.264. The molecule has 3 nitrogen and oxygen atoms in total. The number of hydrogen-bond acceptors (Lipinski definition) is 4. The molecule has 1 aliphatic rings. The lowest BCUT2D eigenvalue weighted by Crippen LogP contribution is -2.20. The van der Waals surface area contributed by atoms with Gasteiger partial charge in [0.1, 0.15) is 6.10 Å². The molecule has 2 aromatic rings. The molecular weight excluding hydrogens is 232 g/mol. The number of hydrogen-bond donors (Lipinski definition) is 1. The van der Waals surface area contributed by atoms with Crippen LogP contribution < -0.4 is 10.1 Å². The summed E-state index contributed by atoms with van der Waals surface area (Å²) in [7, 11) is 0. The first-order chi connectivity index (χ1) is 8.42. The molecule has 1 aliphatic heterocycles. The lowest BCUT2D eigenvalue weighted by molar-refractivity contribution is 0.214. The molecule has 0 aliphatic carbocycles. The van der Waals surface area contributed by atoms with Crippen LogP contribution >= 0.6 is 11.3 Å². The molecule has 0 amide bonds. The van der Waals surface area contributed by atoms with Crippen LogP contribution in [-0.4, -0.2) is 24.2 Å². The normalized spacial score (nSPS) is 19.4. The van der Waals surface area contributed by atoms with Gasteiger partial charge in [-0.2, -0.15) is 11.3 Å². The maximum Gasteiger partial charge on any atom is 0.214 e. The quantitative estimate of drug-likeness (QED) is 0.903. The van der Waals surface area contributed by atoms with Crippen molar-refractivity contribution in [3.05, 3.63) is 35.0 Å². The van der Waals surface area contributed by atoms with Crippen LogP contribution in [0.2, 0.25) is 0 Å². The SMILES string of the molecule is c1cc(OC2CCNC2)nc(-c2ccsc2)c1. The molecule has 1 saturated heterocycles. The first-order valence-corrected chi connectivity index (χ1v) is 6.73. The number of rotatable bonds is 3. The number of nitrogens with zero attached hydrogens (tertiary/aromatic N) is 1. The Morgan fingerprint density at radius 3 is 3.12 bits per heavy atom. The largest absolute Gasteiger partial charge is 0.473 e. The van der Waals surface area contributed by atoms with Crippen LogP contribution in [0.4, 0.5) is 0 Å². The number of pyridine rings is 1. The van der Waals surface area contributed by atoms with Gasteiger partial charge in [-0.15, -0.1) is 0 Å². The smallest absolute Gasteiger partial charge is 0.214 e. The third-order valence-electron chi connectivity index (χ3n) is 2.84. The second-order valence-corrected chi connectivity index (χ2v) is 4.89. The van der Waals surface area contributed by atoms with Gasteiger partial charge in [-0.05, 0) is 30.5 Å². The fourth-order valence-electron chi connectivity index (χ4n) is 1.95. The zero-order valence-electron chi connectivity index (χ0n) is 9.43. The van der Waals surface area contributed by atoms with Crippen LogP contribution in [0.3, 0.4) is 0 Å². The van der Waals surface area contributed by atoms with Crippen LogP contribution in [0, 0.1) is 0 Å². The van der Waals surface area contributed by atoms with E-state index in [-0.39, 0.29) is 6.10 Å². The van der Waals surface area contributed by atoms with Gasteiger partial charge in [-0.1, -0.05) is 6.07 Å². The predicted octanol–water partition coefficient (Wildman–Crippen LogP) is 2.55. The highest BCUT2D eigenvalue weighted by Crippen LogP contribution is 2.22. The van der Waals surface area contributed by atoms with Gasteiger partial charge >= 0.3 is 0 Å². The summed E-state index contributed by atoms with van der Waals surface area (Å²) < 4.78 is 5.84. The molecule has 1 fully saturated rings. The summed E-state index contributed by atoms with van der Waals surface area (Å²) in [6.07, 6.45) is 1.32. The molecule has 4 heteroatoms. The van der Waals surface area contributed by atoms with Gasteiger partial charge in [0.2, 0.25) is 5.88 Å². The molecule has 3 heterocycles. The van der Waals surface area contributed by atoms with E-state index in [1.807, 2.05) is 18.2 Å². The minimum Gasteiger partial charge on any atom is -0.473 e. The molecule has 88 valence electrons. The first kappa shape index (κ1) is 10.7. The summed E-state index contributed by atoms with van der Waals surface area (Å²) in [5.41, 5.74) is 2.14. The lowest BCUT2D eigenvalue weighted by Gasteiger charge is -2.11. The topological polar surface area (TPSA) is 34.1 Å². The highest BCUT2D eigenvalue weighted by Gasteiger charge is 2.16. The monoisotopic (exact) mass is 246 g/mol. The van der Waals surface area contributed by atoms with Gasteiger partial charge < -0.3 is 10.1 Å². The molecule has 1 unspecified atom stereocenters. The molecule has 0 aromatic carbocycles. The molecular formula is C13H14N2OS. The van der Waals surface area contributed by atoms with Crippen LogP contribution in [0.25, 0.3) is 11.3 Å². The van der Waals surface area contributed by atoms with Crippen molar-refractivity contribution in [1.29, 1.82) is 0 Å². The van der Waals surface area contributed by atoms with Crippen molar-refractivity contribution in [2.24, 2.45) is 0 Å². The van der Waals surface area contributed by atoms with E-state index in [2.05, 4.69) is 27.1 Å². The maximum atomic E-state index is 5.84. The van der Waals surface area contributed by atoms with Crippen molar-refractivity contribution in [2.45, 2.75) is 12.5 Å². The van der Waals surface area contributed by atoms with Crippen molar-refractivity contribution >= 4 is 11.3 Å². The Bertz CT molecular complexity index is 478. The predicted molar refractivity (Wildman–Crippen MR) is 69.5 cm³/mol. The number of aromatic nitrogens is 1. The third kappa shape index (κ3) is 2.48. The number of nitrogens with one attached hydrogen (secondary N) is 1. The van der Waals surface area contributed by atoms with Crippen LogP contribution in [0.5, 0.6) is 5.88 Å². The van der Waals surface area contributed by atoms with Gasteiger partial charge in [0.05, 0.1) is 5.69 Å². The highest BCUT2D eigenvalue weighted by molar-refractivity contribution is 7.08.